The maximum absolute atomic E-state index is 13.5. The van der Waals surface area contributed by atoms with Crippen molar-refractivity contribution in [2.24, 2.45) is 21.5 Å². The Morgan fingerprint density at radius 2 is 1.68 bits per heavy atom. The largest absolute Gasteiger partial charge is 0.488 e. The summed E-state index contributed by atoms with van der Waals surface area (Å²) in [4.78, 5) is 59.2. The Hall–Kier alpha value is -5.72. The van der Waals surface area contributed by atoms with E-state index in [1.54, 1.807) is 42.5 Å². The number of aromatic carboxylic acids is 1. The van der Waals surface area contributed by atoms with Gasteiger partial charge in [0.2, 0.25) is 0 Å². The number of benzene rings is 2. The molecule has 0 radical (unpaired) electrons. The highest BCUT2D eigenvalue weighted by molar-refractivity contribution is 6.44. The van der Waals surface area contributed by atoms with Crippen molar-refractivity contribution in [1.82, 2.24) is 4.90 Å². The summed E-state index contributed by atoms with van der Waals surface area (Å²) in [5.74, 6) is -2.78. The molecule has 226 valence electrons. The third-order valence-electron chi connectivity index (χ3n) is 7.41. The first-order valence-electron chi connectivity index (χ1n) is 13.6. The number of fused-ring (bicyclic) bond motifs is 1. The molecule has 1 amide bonds. The van der Waals surface area contributed by atoms with Crippen LogP contribution in [0.3, 0.4) is 0 Å². The van der Waals surface area contributed by atoms with Gasteiger partial charge in [0, 0.05) is 6.42 Å². The number of hydrogen-bond acceptors (Lipinski definition) is 8. The van der Waals surface area contributed by atoms with Crippen LogP contribution in [0.25, 0.3) is 0 Å². The fourth-order valence-electron chi connectivity index (χ4n) is 5.13. The van der Waals surface area contributed by atoms with Crippen LogP contribution in [-0.2, 0) is 14.3 Å². The van der Waals surface area contributed by atoms with Gasteiger partial charge in [0.05, 0.1) is 28.9 Å². The van der Waals surface area contributed by atoms with E-state index in [1.165, 1.54) is 35.2 Å². The molecule has 13 heteroatoms. The highest BCUT2D eigenvalue weighted by atomic mass is 16.5. The summed E-state index contributed by atoms with van der Waals surface area (Å²) in [5.41, 5.74) is 11.6. The number of carboxylic acids is 2. The molecule has 5 rings (SSSR count). The molecule has 1 unspecified atom stereocenters. The number of aliphatic imine (C=N–C) groups is 2. The average Bonchev–Trinajstić information content (AvgIpc) is 3.41. The Bertz CT molecular complexity index is 1670. The molecule has 0 spiro atoms. The quantitative estimate of drug-likeness (QED) is 0.198. The highest BCUT2D eigenvalue weighted by Gasteiger charge is 2.43. The van der Waals surface area contributed by atoms with Crippen LogP contribution < -0.4 is 16.2 Å². The van der Waals surface area contributed by atoms with Gasteiger partial charge in [0.1, 0.15) is 29.4 Å². The predicted molar refractivity (Wildman–Crippen MR) is 159 cm³/mol. The van der Waals surface area contributed by atoms with Gasteiger partial charge in [-0.15, -0.1) is 0 Å². The SMILES string of the molecule is CC12CC=C(OC(=O)c3ccc(N=C(N)N)cc3)C=C1C=CC(C(=O)N1C[C@@H](Oc3ccc(C(=O)O)cc3)C[C@H]1C(=O)O)=N2. The van der Waals surface area contributed by atoms with E-state index in [4.69, 9.17) is 26.0 Å². The number of rotatable bonds is 8. The van der Waals surface area contributed by atoms with Gasteiger partial charge in [-0.2, -0.15) is 0 Å². The van der Waals surface area contributed by atoms with Gasteiger partial charge in [-0.3, -0.25) is 9.79 Å². The lowest BCUT2D eigenvalue weighted by molar-refractivity contribution is -0.146. The molecule has 2 aromatic carbocycles. The summed E-state index contributed by atoms with van der Waals surface area (Å²) < 4.78 is 11.4. The Morgan fingerprint density at radius 1 is 1.00 bits per heavy atom. The summed E-state index contributed by atoms with van der Waals surface area (Å²) in [6.45, 7) is 1.84. The van der Waals surface area contributed by atoms with Crippen LogP contribution in [0.15, 0.2) is 94.2 Å². The lowest BCUT2D eigenvalue weighted by atomic mass is 9.82. The van der Waals surface area contributed by atoms with Gasteiger partial charge in [0.25, 0.3) is 5.91 Å². The summed E-state index contributed by atoms with van der Waals surface area (Å²) in [7, 11) is 0. The van der Waals surface area contributed by atoms with Gasteiger partial charge < -0.3 is 36.1 Å². The van der Waals surface area contributed by atoms with E-state index in [2.05, 4.69) is 9.98 Å². The minimum Gasteiger partial charge on any atom is -0.488 e. The number of carbonyl (C=O) groups excluding carboxylic acids is 2. The third kappa shape index (κ3) is 6.36. The van der Waals surface area contributed by atoms with Crippen molar-refractivity contribution in [3.05, 3.63) is 95.3 Å². The fourth-order valence-corrected chi connectivity index (χ4v) is 5.13. The van der Waals surface area contributed by atoms with Crippen LogP contribution >= 0.6 is 0 Å². The normalized spacial score (nSPS) is 22.1. The van der Waals surface area contributed by atoms with Gasteiger partial charge >= 0.3 is 17.9 Å². The van der Waals surface area contributed by atoms with E-state index in [0.717, 1.165) is 0 Å². The number of nitrogens with two attached hydrogens (primary N) is 2. The summed E-state index contributed by atoms with van der Waals surface area (Å²) in [6.07, 6.45) is 6.35. The van der Waals surface area contributed by atoms with Gasteiger partial charge in [-0.05, 0) is 85.7 Å². The van der Waals surface area contributed by atoms with Crippen molar-refractivity contribution in [3.8, 4) is 5.75 Å². The molecule has 0 bridgehead atoms. The number of nitrogens with zero attached hydrogens (tertiary/aromatic N) is 3. The van der Waals surface area contributed by atoms with Crippen LogP contribution in [0.4, 0.5) is 5.69 Å². The maximum Gasteiger partial charge on any atom is 0.343 e. The third-order valence-corrected chi connectivity index (χ3v) is 7.41. The highest BCUT2D eigenvalue weighted by Crippen LogP contribution is 2.36. The molecule has 1 fully saturated rings. The molecule has 2 aromatic rings. The van der Waals surface area contributed by atoms with Crippen molar-refractivity contribution in [1.29, 1.82) is 0 Å². The molecule has 13 nitrogen and oxygen atoms in total. The van der Waals surface area contributed by atoms with Crippen molar-refractivity contribution < 1.29 is 38.9 Å². The second kappa shape index (κ2) is 11.9. The first-order chi connectivity index (χ1) is 20.9. The number of aliphatic carboxylic acids is 1. The van der Waals surface area contributed by atoms with Crippen LogP contribution in [0, 0.1) is 0 Å². The van der Waals surface area contributed by atoms with Crippen LogP contribution in [0.1, 0.15) is 40.5 Å². The molecule has 6 N–H and O–H groups in total. The molecule has 2 aliphatic heterocycles. The number of allylic oxidation sites excluding steroid dienone is 1. The van der Waals surface area contributed by atoms with E-state index >= 15 is 0 Å². The number of carbonyl (C=O) groups is 4. The number of guanidine groups is 1. The molecule has 2 heterocycles. The lowest BCUT2D eigenvalue weighted by Gasteiger charge is -2.33. The molecule has 3 atom stereocenters. The minimum absolute atomic E-state index is 0.00961. The molecule has 44 heavy (non-hydrogen) atoms. The predicted octanol–water partition coefficient (Wildman–Crippen LogP) is 2.56. The first-order valence-corrected chi connectivity index (χ1v) is 13.6. The van der Waals surface area contributed by atoms with E-state index in [9.17, 15) is 24.3 Å². The Labute approximate surface area is 251 Å². The maximum atomic E-state index is 13.5. The van der Waals surface area contributed by atoms with Crippen molar-refractivity contribution >= 4 is 41.2 Å². The van der Waals surface area contributed by atoms with E-state index in [-0.39, 0.29) is 30.2 Å². The standard InChI is InChI=1S/C31H29N5O8/c1-31-13-12-22(44-29(42)18-2-7-20(8-3-18)34-30(32)33)14-19(31)6-11-24(35-31)26(37)36-16-23(15-25(36)28(40)41)43-21-9-4-17(5-10-21)27(38)39/h2-12,14,23,25H,13,15-16H2,1H3,(H,38,39)(H,40,41)(H4,32,33,34)/t23-,25-,31?/m0/s1. The Balaban J connectivity index is 1.25. The summed E-state index contributed by atoms with van der Waals surface area (Å²) in [6, 6.07) is 10.9. The number of carboxylic acid groups (broad SMARTS) is 2. The van der Waals surface area contributed by atoms with E-state index in [0.29, 0.717) is 34.8 Å². The Morgan fingerprint density at radius 3 is 2.32 bits per heavy atom. The summed E-state index contributed by atoms with van der Waals surface area (Å²) in [5, 5.41) is 18.9. The number of hydrogen-bond donors (Lipinski definition) is 4. The number of dihydropyridines is 1. The molecular weight excluding hydrogens is 570 g/mol. The van der Waals surface area contributed by atoms with E-state index < -0.39 is 41.5 Å². The van der Waals surface area contributed by atoms with Gasteiger partial charge in [-0.25, -0.2) is 19.4 Å². The van der Waals surface area contributed by atoms with Crippen molar-refractivity contribution in [3.63, 3.8) is 0 Å². The monoisotopic (exact) mass is 599 g/mol. The smallest absolute Gasteiger partial charge is 0.343 e. The number of ether oxygens (including phenoxy) is 2. The molecule has 1 aliphatic carbocycles. The average molecular weight is 600 g/mol. The Kier molecular flexibility index (Phi) is 8.03. The van der Waals surface area contributed by atoms with Crippen molar-refractivity contribution in [2.45, 2.75) is 37.5 Å². The molecular formula is C31H29N5O8. The molecule has 1 saturated heterocycles. The second-order valence-electron chi connectivity index (χ2n) is 10.6. The number of amides is 1. The zero-order chi connectivity index (χ0) is 31.6. The fraction of sp³-hybridized carbons (Fsp3) is 0.226. The molecule has 3 aliphatic rings. The van der Waals surface area contributed by atoms with Crippen LogP contribution in [0.2, 0.25) is 0 Å². The second-order valence-corrected chi connectivity index (χ2v) is 10.6. The summed E-state index contributed by atoms with van der Waals surface area (Å²) >= 11 is 0. The zero-order valence-electron chi connectivity index (χ0n) is 23.5. The number of esters is 1. The zero-order valence-corrected chi connectivity index (χ0v) is 23.5. The van der Waals surface area contributed by atoms with Crippen LogP contribution in [-0.4, -0.2) is 74.8 Å². The van der Waals surface area contributed by atoms with Crippen LogP contribution in [0.5, 0.6) is 5.75 Å². The first kappa shape index (κ1) is 29.8. The van der Waals surface area contributed by atoms with Gasteiger partial charge in [0.15, 0.2) is 5.96 Å². The van der Waals surface area contributed by atoms with E-state index in [1.807, 2.05) is 6.92 Å². The minimum atomic E-state index is -1.17. The topological polar surface area (TPSA) is 207 Å². The number of likely N-dealkylation sites (tertiary alicyclic amines) is 1. The lowest BCUT2D eigenvalue weighted by Crippen LogP contribution is -2.45. The molecule has 0 saturated carbocycles. The van der Waals surface area contributed by atoms with Crippen molar-refractivity contribution in [2.75, 3.05) is 6.54 Å². The van der Waals surface area contributed by atoms with Gasteiger partial charge in [-0.1, -0.05) is 6.08 Å². The molecule has 0 aromatic heterocycles.